The normalized spacial score (nSPS) is 18.6. The molecule has 0 saturated carbocycles. The number of nitrogens with two attached hydrogens (primary N) is 1. The van der Waals surface area contributed by atoms with Crippen LogP contribution >= 0.6 is 46.2 Å². The fourth-order valence-electron chi connectivity index (χ4n) is 4.04. The van der Waals surface area contributed by atoms with E-state index >= 15 is 0 Å². The Morgan fingerprint density at radius 3 is 2.76 bits per heavy atom. The van der Waals surface area contributed by atoms with Crippen molar-refractivity contribution < 1.29 is 39.3 Å². The maximum atomic E-state index is 13.4. The van der Waals surface area contributed by atoms with E-state index in [1.54, 1.807) is 5.51 Å². The van der Waals surface area contributed by atoms with Crippen molar-refractivity contribution in [1.29, 1.82) is 0 Å². The third kappa shape index (κ3) is 7.22. The SMILES string of the molecule is CC(O/N=C(\C(=O)NC1C(=O)N2C(C(=O)O)=C(CSc3nncs3)CS[C@H]12)c1csc(N)n1)C(=O)N/N=C/c1ccc(O)c(O)c1. The summed E-state index contributed by atoms with van der Waals surface area (Å²) in [6.07, 6.45) is -0.0317. The first kappa shape index (κ1) is 32.7. The minimum absolute atomic E-state index is 0.0276. The molecule has 2 unspecified atom stereocenters. The summed E-state index contributed by atoms with van der Waals surface area (Å²) < 4.78 is 0.663. The largest absolute Gasteiger partial charge is 0.504 e. The number of thiazole rings is 1. The van der Waals surface area contributed by atoms with Crippen LogP contribution in [0.2, 0.25) is 0 Å². The summed E-state index contributed by atoms with van der Waals surface area (Å²) in [5, 5.41) is 47.6. The number of carboxylic acid groups (broad SMARTS) is 1. The Hall–Kier alpha value is -4.73. The number of oxime groups is 1. The number of rotatable bonds is 12. The standard InChI is InChI=1S/C25H23N9O8S4/c1-10(19(37)31-27-5-11-2-3-14(35)15(36)4-11)42-33-16(13-8-44-24(26)29-13)20(38)30-17-21(39)34-18(23(40)41)12(6-43-22(17)34)7-45-25-32-28-9-46-25/h2-5,8-10,17,22,35-36H,6-7H2,1H3,(H2,26,29)(H,30,38)(H,31,37)(H,40,41)/b27-5+,33-16-/t10?,17?,22-/m1/s1. The molecule has 4 heterocycles. The molecule has 0 bridgehead atoms. The molecule has 21 heteroatoms. The van der Waals surface area contributed by atoms with E-state index in [0.717, 1.165) is 16.2 Å². The number of hydrazone groups is 1. The second-order valence-corrected chi connectivity index (χ2v) is 13.4. The van der Waals surface area contributed by atoms with E-state index in [0.29, 0.717) is 27.0 Å². The van der Waals surface area contributed by atoms with Crippen molar-refractivity contribution in [3.63, 3.8) is 0 Å². The van der Waals surface area contributed by atoms with Gasteiger partial charge in [0.15, 0.2) is 26.7 Å². The number of phenols is 2. The Kier molecular flexibility index (Phi) is 10.0. The second kappa shape index (κ2) is 14.1. The number of carboxylic acids is 1. The zero-order valence-electron chi connectivity index (χ0n) is 23.4. The number of hydrogen-bond donors (Lipinski definition) is 6. The maximum Gasteiger partial charge on any atom is 0.352 e. The van der Waals surface area contributed by atoms with Crippen LogP contribution in [0.1, 0.15) is 18.2 Å². The van der Waals surface area contributed by atoms with Gasteiger partial charge in [-0.05, 0) is 36.3 Å². The smallest absolute Gasteiger partial charge is 0.352 e. The van der Waals surface area contributed by atoms with E-state index in [-0.39, 0.29) is 33.7 Å². The van der Waals surface area contributed by atoms with E-state index < -0.39 is 41.2 Å². The van der Waals surface area contributed by atoms with Crippen molar-refractivity contribution in [2.75, 3.05) is 17.2 Å². The lowest BCUT2D eigenvalue weighted by molar-refractivity contribution is -0.150. The van der Waals surface area contributed by atoms with Gasteiger partial charge in [-0.25, -0.2) is 15.2 Å². The summed E-state index contributed by atoms with van der Waals surface area (Å²) in [5.74, 6) is -3.55. The molecule has 2 aromatic heterocycles. The molecular formula is C25H23N9O8S4. The van der Waals surface area contributed by atoms with Crippen LogP contribution in [0.3, 0.4) is 0 Å². The van der Waals surface area contributed by atoms with Crippen molar-refractivity contribution in [1.82, 2.24) is 30.8 Å². The number of aliphatic carboxylic acids is 1. The van der Waals surface area contributed by atoms with Gasteiger partial charge in [0.25, 0.3) is 17.7 Å². The predicted octanol–water partition coefficient (Wildman–Crippen LogP) is 0.778. The summed E-state index contributed by atoms with van der Waals surface area (Å²) in [7, 11) is 0. The average molecular weight is 706 g/mol. The number of nitrogens with one attached hydrogen (secondary N) is 2. The van der Waals surface area contributed by atoms with Crippen LogP contribution in [0, 0.1) is 0 Å². The highest BCUT2D eigenvalue weighted by Gasteiger charge is 2.54. The highest BCUT2D eigenvalue weighted by molar-refractivity contribution is 8.01. The van der Waals surface area contributed by atoms with Gasteiger partial charge in [0.05, 0.1) is 6.21 Å². The number of amides is 3. The van der Waals surface area contributed by atoms with Crippen molar-refractivity contribution in [3.8, 4) is 11.5 Å². The molecule has 17 nitrogen and oxygen atoms in total. The molecule has 0 aliphatic carbocycles. The number of hydrogen-bond acceptors (Lipinski definition) is 17. The van der Waals surface area contributed by atoms with E-state index in [4.69, 9.17) is 10.6 Å². The number of anilines is 1. The lowest BCUT2D eigenvalue weighted by Gasteiger charge is -2.49. The third-order valence-corrected chi connectivity index (χ3v) is 10.2. The van der Waals surface area contributed by atoms with E-state index in [1.807, 2.05) is 0 Å². The molecule has 46 heavy (non-hydrogen) atoms. The first-order valence-electron chi connectivity index (χ1n) is 12.9. The zero-order chi connectivity index (χ0) is 33.0. The number of aromatic nitrogens is 3. The molecule has 2 aliphatic rings. The van der Waals surface area contributed by atoms with Gasteiger partial charge in [-0.1, -0.05) is 28.3 Å². The van der Waals surface area contributed by atoms with Crippen LogP contribution in [-0.4, -0.2) is 100 Å². The molecule has 0 radical (unpaired) electrons. The zero-order valence-corrected chi connectivity index (χ0v) is 26.7. The number of carbonyl (C=O) groups is 4. The molecule has 7 N–H and O–H groups in total. The quantitative estimate of drug-likeness (QED) is 0.0501. The third-order valence-electron chi connectivity index (χ3n) is 6.29. The van der Waals surface area contributed by atoms with Crippen molar-refractivity contribution in [2.45, 2.75) is 28.8 Å². The van der Waals surface area contributed by atoms with Crippen LogP contribution in [0.15, 0.2) is 55.0 Å². The van der Waals surface area contributed by atoms with Gasteiger partial charge >= 0.3 is 5.97 Å². The number of nitrogen functional groups attached to an aromatic ring is 1. The Bertz CT molecular complexity index is 1760. The molecule has 3 aromatic rings. The van der Waals surface area contributed by atoms with Gasteiger partial charge in [-0.3, -0.25) is 19.3 Å². The second-order valence-electron chi connectivity index (χ2n) is 9.35. The number of thioether (sulfide) groups is 2. The molecule has 1 aromatic carbocycles. The number of fused-ring (bicyclic) bond motifs is 1. The fraction of sp³-hybridized carbons (Fsp3) is 0.240. The number of carbonyl (C=O) groups excluding carboxylic acids is 3. The summed E-state index contributed by atoms with van der Waals surface area (Å²) in [6, 6.07) is 2.87. The van der Waals surface area contributed by atoms with Crippen LogP contribution in [-0.2, 0) is 24.0 Å². The molecule has 240 valence electrons. The summed E-state index contributed by atoms with van der Waals surface area (Å²) >= 11 is 4.96. The number of phenolic OH excluding ortho intramolecular Hbond substituents is 2. The summed E-state index contributed by atoms with van der Waals surface area (Å²) in [6.45, 7) is 1.35. The minimum atomic E-state index is -1.26. The molecule has 0 spiro atoms. The monoisotopic (exact) mass is 705 g/mol. The number of aromatic hydroxyl groups is 2. The van der Waals surface area contributed by atoms with Gasteiger partial charge in [0, 0.05) is 16.9 Å². The van der Waals surface area contributed by atoms with Gasteiger partial charge in [0.1, 0.15) is 28.3 Å². The molecule has 3 amide bonds. The van der Waals surface area contributed by atoms with E-state index in [2.05, 4.69) is 36.2 Å². The van der Waals surface area contributed by atoms with Crippen LogP contribution in [0.4, 0.5) is 5.13 Å². The van der Waals surface area contributed by atoms with E-state index in [9.17, 15) is 34.5 Å². The number of nitrogens with zero attached hydrogens (tertiary/aromatic N) is 6. The van der Waals surface area contributed by atoms with Crippen LogP contribution < -0.4 is 16.5 Å². The van der Waals surface area contributed by atoms with Gasteiger partial charge in [-0.15, -0.1) is 33.3 Å². The maximum absolute atomic E-state index is 13.4. The molecule has 1 fully saturated rings. The fourth-order valence-corrected chi connectivity index (χ4v) is 7.56. The average Bonchev–Trinajstić information content (AvgIpc) is 3.71. The van der Waals surface area contributed by atoms with Crippen molar-refractivity contribution >= 4 is 86.9 Å². The highest BCUT2D eigenvalue weighted by atomic mass is 32.2. The molecular weight excluding hydrogens is 683 g/mol. The summed E-state index contributed by atoms with van der Waals surface area (Å²) in [4.78, 5) is 61.6. The van der Waals surface area contributed by atoms with E-state index in [1.165, 1.54) is 71.6 Å². The Balaban J connectivity index is 1.25. The number of benzene rings is 1. The predicted molar refractivity (Wildman–Crippen MR) is 169 cm³/mol. The molecule has 2 aliphatic heterocycles. The topological polar surface area (TPSA) is 255 Å². The van der Waals surface area contributed by atoms with Gasteiger partial charge in [0.2, 0.25) is 6.10 Å². The van der Waals surface area contributed by atoms with Crippen LogP contribution in [0.5, 0.6) is 11.5 Å². The first-order valence-corrected chi connectivity index (χ1v) is 16.7. The first-order chi connectivity index (χ1) is 22.0. The molecule has 5 rings (SSSR count). The summed E-state index contributed by atoms with van der Waals surface area (Å²) in [5.41, 5.74) is 9.98. The van der Waals surface area contributed by atoms with Crippen molar-refractivity contribution in [2.24, 2.45) is 10.3 Å². The molecule has 1 saturated heterocycles. The number of β-lactam (4-membered cyclic amide) rings is 1. The van der Waals surface area contributed by atoms with Crippen LogP contribution in [0.25, 0.3) is 0 Å². The minimum Gasteiger partial charge on any atom is -0.504 e. The van der Waals surface area contributed by atoms with Crippen molar-refractivity contribution in [3.05, 3.63) is 51.6 Å². The van der Waals surface area contributed by atoms with Gasteiger partial charge < -0.3 is 31.2 Å². The lowest BCUT2D eigenvalue weighted by Crippen LogP contribution is -2.71. The Morgan fingerprint density at radius 2 is 2.09 bits per heavy atom. The highest BCUT2D eigenvalue weighted by Crippen LogP contribution is 2.41. The van der Waals surface area contributed by atoms with Gasteiger partial charge in [-0.2, -0.15) is 5.10 Å². The lowest BCUT2D eigenvalue weighted by atomic mass is 10.0. The Labute approximate surface area is 275 Å². The molecule has 3 atom stereocenters. The Morgan fingerprint density at radius 1 is 1.28 bits per heavy atom.